The van der Waals surface area contributed by atoms with Crippen molar-refractivity contribution in [2.75, 3.05) is 20.3 Å². The standard InChI is InChI=1S/C25H26N4O4/c1-4-11-32-19-10-9-15(13-20(19)31-5-2)21-18(14-26)24(27)33-25-22(21)23(28-29-25)16-7-6-8-17(12-16)30-3/h6-10,12-13,21H,4-5,11,27H2,1-3H3,(H,28,29)/t21-/m1/s1. The van der Waals surface area contributed by atoms with Crippen LogP contribution in [0.15, 0.2) is 53.9 Å². The molecular weight excluding hydrogens is 420 g/mol. The molecule has 1 aliphatic rings. The molecule has 0 spiro atoms. The van der Waals surface area contributed by atoms with Gasteiger partial charge in [0.1, 0.15) is 17.4 Å². The van der Waals surface area contributed by atoms with Gasteiger partial charge < -0.3 is 24.7 Å². The van der Waals surface area contributed by atoms with Crippen molar-refractivity contribution < 1.29 is 18.9 Å². The number of methoxy groups -OCH3 is 1. The van der Waals surface area contributed by atoms with Gasteiger partial charge in [0.25, 0.3) is 0 Å². The van der Waals surface area contributed by atoms with Gasteiger partial charge in [0.2, 0.25) is 11.8 Å². The number of rotatable bonds is 8. The van der Waals surface area contributed by atoms with E-state index in [2.05, 4.69) is 16.3 Å². The number of fused-ring (bicyclic) bond motifs is 1. The molecule has 170 valence electrons. The van der Waals surface area contributed by atoms with Crippen LogP contribution in [0, 0.1) is 11.3 Å². The van der Waals surface area contributed by atoms with E-state index in [9.17, 15) is 5.26 Å². The normalized spacial score (nSPS) is 14.8. The van der Waals surface area contributed by atoms with Crippen LogP contribution in [0.2, 0.25) is 0 Å². The van der Waals surface area contributed by atoms with Crippen LogP contribution in [0.4, 0.5) is 0 Å². The smallest absolute Gasteiger partial charge is 0.244 e. The maximum atomic E-state index is 9.97. The lowest BCUT2D eigenvalue weighted by Gasteiger charge is -2.25. The number of hydrogen-bond acceptors (Lipinski definition) is 7. The first kappa shape index (κ1) is 22.1. The summed E-state index contributed by atoms with van der Waals surface area (Å²) in [5.74, 6) is 1.83. The Balaban J connectivity index is 1.87. The van der Waals surface area contributed by atoms with E-state index < -0.39 is 5.92 Å². The maximum Gasteiger partial charge on any atom is 0.244 e. The molecule has 3 aromatic rings. The number of nitrogens with two attached hydrogens (primary N) is 1. The minimum atomic E-state index is -0.502. The summed E-state index contributed by atoms with van der Waals surface area (Å²) in [5, 5.41) is 17.4. The zero-order chi connectivity index (χ0) is 23.4. The molecule has 0 amide bonds. The van der Waals surface area contributed by atoms with Gasteiger partial charge in [0.15, 0.2) is 11.5 Å². The molecule has 1 aromatic heterocycles. The third kappa shape index (κ3) is 4.17. The van der Waals surface area contributed by atoms with Crippen LogP contribution in [-0.2, 0) is 0 Å². The first-order valence-corrected chi connectivity index (χ1v) is 10.8. The minimum absolute atomic E-state index is 0.0305. The van der Waals surface area contributed by atoms with E-state index in [0.29, 0.717) is 41.9 Å². The topological polar surface area (TPSA) is 115 Å². The van der Waals surface area contributed by atoms with Gasteiger partial charge >= 0.3 is 0 Å². The van der Waals surface area contributed by atoms with Crippen molar-refractivity contribution >= 4 is 0 Å². The Hall–Kier alpha value is -4.12. The number of H-pyrrole nitrogens is 1. The molecule has 0 aliphatic carbocycles. The van der Waals surface area contributed by atoms with Crippen molar-refractivity contribution in [3.8, 4) is 40.5 Å². The number of allylic oxidation sites excluding steroid dienone is 1. The van der Waals surface area contributed by atoms with E-state index in [1.54, 1.807) is 7.11 Å². The third-order valence-electron chi connectivity index (χ3n) is 5.36. The van der Waals surface area contributed by atoms with Crippen molar-refractivity contribution in [2.24, 2.45) is 5.73 Å². The Bertz CT molecular complexity index is 1230. The van der Waals surface area contributed by atoms with E-state index >= 15 is 0 Å². The second kappa shape index (κ2) is 9.57. The predicted octanol–water partition coefficient (Wildman–Crippen LogP) is 4.49. The van der Waals surface area contributed by atoms with Crippen LogP contribution in [0.25, 0.3) is 11.3 Å². The van der Waals surface area contributed by atoms with Crippen molar-refractivity contribution in [3.63, 3.8) is 0 Å². The van der Waals surface area contributed by atoms with Crippen LogP contribution in [0.3, 0.4) is 0 Å². The van der Waals surface area contributed by atoms with Crippen LogP contribution in [-0.4, -0.2) is 30.5 Å². The molecule has 0 radical (unpaired) electrons. The zero-order valence-electron chi connectivity index (χ0n) is 18.8. The number of hydrogen-bond donors (Lipinski definition) is 2. The summed E-state index contributed by atoms with van der Waals surface area (Å²) in [5.41, 5.74) is 9.53. The number of nitrogens with one attached hydrogen (secondary N) is 1. The van der Waals surface area contributed by atoms with Crippen LogP contribution >= 0.6 is 0 Å². The average Bonchev–Trinajstić information content (AvgIpc) is 3.26. The second-order valence-electron chi connectivity index (χ2n) is 7.46. The molecule has 33 heavy (non-hydrogen) atoms. The summed E-state index contributed by atoms with van der Waals surface area (Å²) in [6.07, 6.45) is 0.882. The van der Waals surface area contributed by atoms with Crippen molar-refractivity contribution in [1.29, 1.82) is 5.26 Å². The number of aromatic nitrogens is 2. The lowest BCUT2D eigenvalue weighted by atomic mass is 9.83. The predicted molar refractivity (Wildman–Crippen MR) is 123 cm³/mol. The Kier molecular flexibility index (Phi) is 6.41. The van der Waals surface area contributed by atoms with Crippen molar-refractivity contribution in [3.05, 3.63) is 65.0 Å². The SMILES string of the molecule is CCCOc1ccc([C@@H]2C(C#N)=C(N)Oc3n[nH]c(-c4cccc(OC)c4)c32)cc1OCC. The summed E-state index contributed by atoms with van der Waals surface area (Å²) >= 11 is 0. The first-order chi connectivity index (χ1) is 16.1. The van der Waals surface area contributed by atoms with Gasteiger partial charge in [-0.3, -0.25) is 5.10 Å². The molecule has 2 aromatic carbocycles. The number of nitrogens with zero attached hydrogens (tertiary/aromatic N) is 2. The highest BCUT2D eigenvalue weighted by Crippen LogP contribution is 2.47. The van der Waals surface area contributed by atoms with Crippen LogP contribution in [0.5, 0.6) is 23.1 Å². The van der Waals surface area contributed by atoms with Gasteiger partial charge in [0, 0.05) is 5.56 Å². The van der Waals surface area contributed by atoms with Gasteiger partial charge in [-0.15, -0.1) is 5.10 Å². The van der Waals surface area contributed by atoms with Gasteiger partial charge in [-0.05, 0) is 43.2 Å². The molecule has 8 nitrogen and oxygen atoms in total. The molecule has 0 bridgehead atoms. The molecule has 3 N–H and O–H groups in total. The summed E-state index contributed by atoms with van der Waals surface area (Å²) < 4.78 is 22.8. The lowest BCUT2D eigenvalue weighted by molar-refractivity contribution is 0.276. The largest absolute Gasteiger partial charge is 0.497 e. The minimum Gasteiger partial charge on any atom is -0.497 e. The lowest BCUT2D eigenvalue weighted by Crippen LogP contribution is -2.21. The molecule has 4 rings (SSSR count). The molecule has 2 heterocycles. The first-order valence-electron chi connectivity index (χ1n) is 10.8. The molecule has 0 saturated heterocycles. The summed E-state index contributed by atoms with van der Waals surface area (Å²) in [6, 6.07) is 15.5. The zero-order valence-corrected chi connectivity index (χ0v) is 18.8. The average molecular weight is 447 g/mol. The van der Waals surface area contributed by atoms with Crippen LogP contribution < -0.4 is 24.7 Å². The van der Waals surface area contributed by atoms with Crippen molar-refractivity contribution in [2.45, 2.75) is 26.2 Å². The summed E-state index contributed by atoms with van der Waals surface area (Å²) in [6.45, 7) is 5.02. The van der Waals surface area contributed by atoms with Gasteiger partial charge in [0.05, 0.1) is 37.5 Å². The van der Waals surface area contributed by atoms with Gasteiger partial charge in [-0.25, -0.2) is 0 Å². The fourth-order valence-corrected chi connectivity index (χ4v) is 3.88. The molecule has 8 heteroatoms. The van der Waals surface area contributed by atoms with Crippen LogP contribution in [0.1, 0.15) is 37.3 Å². The fourth-order valence-electron chi connectivity index (χ4n) is 3.88. The van der Waals surface area contributed by atoms with E-state index in [1.807, 2.05) is 56.3 Å². The Morgan fingerprint density at radius 2 is 2.00 bits per heavy atom. The monoisotopic (exact) mass is 446 g/mol. The van der Waals surface area contributed by atoms with E-state index in [-0.39, 0.29) is 5.88 Å². The molecule has 1 atom stereocenters. The highest BCUT2D eigenvalue weighted by Gasteiger charge is 2.36. The molecule has 0 fully saturated rings. The van der Waals surface area contributed by atoms with E-state index in [0.717, 1.165) is 28.8 Å². The highest BCUT2D eigenvalue weighted by molar-refractivity contribution is 5.72. The Morgan fingerprint density at radius 3 is 2.73 bits per heavy atom. The van der Waals surface area contributed by atoms with E-state index in [1.165, 1.54) is 0 Å². The van der Waals surface area contributed by atoms with Crippen molar-refractivity contribution in [1.82, 2.24) is 10.2 Å². The number of aromatic amines is 1. The second-order valence-corrected chi connectivity index (χ2v) is 7.46. The van der Waals surface area contributed by atoms with E-state index in [4.69, 9.17) is 24.7 Å². The highest BCUT2D eigenvalue weighted by atomic mass is 16.5. The molecule has 0 unspecified atom stereocenters. The summed E-state index contributed by atoms with van der Waals surface area (Å²) in [4.78, 5) is 0. The molecule has 0 saturated carbocycles. The van der Waals surface area contributed by atoms with Gasteiger partial charge in [-0.1, -0.05) is 25.1 Å². The molecule has 1 aliphatic heterocycles. The van der Waals surface area contributed by atoms with Gasteiger partial charge in [-0.2, -0.15) is 5.26 Å². The maximum absolute atomic E-state index is 9.97. The molecular formula is C25H26N4O4. The summed E-state index contributed by atoms with van der Waals surface area (Å²) in [7, 11) is 1.61. The Labute approximate surface area is 192 Å². The number of ether oxygens (including phenoxy) is 4. The Morgan fingerprint density at radius 1 is 1.15 bits per heavy atom. The third-order valence-corrected chi connectivity index (χ3v) is 5.36. The fraction of sp³-hybridized carbons (Fsp3) is 0.280. The quantitative estimate of drug-likeness (QED) is 0.524. The number of benzene rings is 2. The number of nitriles is 1.